The molecule has 19 heavy (non-hydrogen) atoms. The van der Waals surface area contributed by atoms with Crippen LogP contribution in [0, 0.1) is 11.3 Å². The second kappa shape index (κ2) is 6.50. The molecular weight excluding hydrogens is 282 g/mol. The number of anilines is 1. The van der Waals surface area contributed by atoms with E-state index in [1.165, 1.54) is 11.8 Å². The maximum atomic E-state index is 11.9. The van der Waals surface area contributed by atoms with Gasteiger partial charge in [0.25, 0.3) is 5.91 Å². The van der Waals surface area contributed by atoms with Crippen LogP contribution in [0.25, 0.3) is 0 Å². The third-order valence-corrected chi connectivity index (χ3v) is 3.87. The minimum Gasteiger partial charge on any atom is -0.340 e. The molecule has 0 radical (unpaired) electrons. The largest absolute Gasteiger partial charge is 0.340 e. The fourth-order valence-electron chi connectivity index (χ4n) is 1.64. The molecule has 0 atom stereocenters. The highest BCUT2D eigenvalue weighted by Gasteiger charge is 2.21. The third-order valence-electron chi connectivity index (χ3n) is 2.52. The van der Waals surface area contributed by atoms with E-state index in [0.717, 1.165) is 12.2 Å². The summed E-state index contributed by atoms with van der Waals surface area (Å²) in [5, 5.41) is 14.9. The highest BCUT2D eigenvalue weighted by Crippen LogP contribution is 2.26. The number of fused-ring (bicyclic) bond motifs is 1. The van der Waals surface area contributed by atoms with Gasteiger partial charge in [0, 0.05) is 5.88 Å². The van der Waals surface area contributed by atoms with Crippen molar-refractivity contribution in [3.05, 3.63) is 40.6 Å². The van der Waals surface area contributed by atoms with Crippen molar-refractivity contribution in [3.8, 4) is 6.07 Å². The number of thioether (sulfide) groups is 1. The number of amides is 1. The number of halogens is 1. The molecule has 0 unspecified atom stereocenters. The Hall–Kier alpha value is -1.64. The first kappa shape index (κ1) is 13.8. The topological polar surface area (TPSA) is 64.9 Å². The van der Waals surface area contributed by atoms with Gasteiger partial charge in [0.05, 0.1) is 11.3 Å². The van der Waals surface area contributed by atoms with Gasteiger partial charge in [-0.15, -0.1) is 23.4 Å². The molecule has 0 saturated heterocycles. The Kier molecular flexibility index (Phi) is 4.72. The Balaban J connectivity index is 2.23. The van der Waals surface area contributed by atoms with Gasteiger partial charge in [0.15, 0.2) is 0 Å². The van der Waals surface area contributed by atoms with Gasteiger partial charge in [0.2, 0.25) is 0 Å². The lowest BCUT2D eigenvalue weighted by Gasteiger charge is -2.22. The number of rotatable bonds is 4. The summed E-state index contributed by atoms with van der Waals surface area (Å²) in [4.78, 5) is 12.4. The molecule has 0 spiro atoms. The number of alkyl halides is 1. The lowest BCUT2D eigenvalue weighted by atomic mass is 10.1. The van der Waals surface area contributed by atoms with Crippen LogP contribution in [0.15, 0.2) is 35.0 Å². The monoisotopic (exact) mass is 293 g/mol. The molecule has 1 heterocycles. The van der Waals surface area contributed by atoms with E-state index in [1.807, 2.05) is 12.1 Å². The number of carbonyl (C=O) groups excluding carboxylic acids is 1. The maximum absolute atomic E-state index is 11.9. The first-order valence-electron chi connectivity index (χ1n) is 5.77. The number of nitriles is 1. The first-order chi connectivity index (χ1) is 9.26. The number of hydrogen-bond acceptors (Lipinski definition) is 4. The maximum Gasteiger partial charge on any atom is 0.258 e. The van der Waals surface area contributed by atoms with Crippen molar-refractivity contribution >= 4 is 35.0 Å². The quantitative estimate of drug-likeness (QED) is 0.509. The Labute approximate surface area is 120 Å². The van der Waals surface area contributed by atoms with Crippen LogP contribution in [0.5, 0.6) is 0 Å². The smallest absolute Gasteiger partial charge is 0.258 e. The number of benzene rings is 1. The van der Waals surface area contributed by atoms with Crippen molar-refractivity contribution in [1.82, 2.24) is 5.32 Å². The van der Waals surface area contributed by atoms with Crippen LogP contribution in [-0.4, -0.2) is 17.5 Å². The second-order valence-corrected chi connectivity index (χ2v) is 5.31. The molecule has 0 saturated carbocycles. The van der Waals surface area contributed by atoms with Crippen LogP contribution >= 0.6 is 23.4 Å². The zero-order valence-electron chi connectivity index (χ0n) is 10.1. The highest BCUT2D eigenvalue weighted by atomic mass is 35.5. The Bertz CT molecular complexity index is 565. The summed E-state index contributed by atoms with van der Waals surface area (Å²) in [7, 11) is 0. The highest BCUT2D eigenvalue weighted by molar-refractivity contribution is 8.03. The first-order valence-corrected chi connectivity index (χ1v) is 7.29. The molecule has 1 aromatic rings. The summed E-state index contributed by atoms with van der Waals surface area (Å²) in [6, 6.07) is 9.30. The molecule has 2 rings (SSSR count). The number of allylic oxidation sites excluding steroid dienone is 1. The predicted molar refractivity (Wildman–Crippen MR) is 78.0 cm³/mol. The SMILES string of the molecule is N#C/C(SCCCCl)=C1\NC(=O)c2ccccc2N1. The molecule has 0 fully saturated rings. The number of para-hydroxylation sites is 1. The standard InChI is InChI=1S/C13H12ClN3OS/c14-6-3-7-19-11(8-15)12-16-10-5-2-1-4-9(10)13(18)17-12/h1-2,4-5,16H,3,6-7H2,(H,17,18)/b12-11+. The number of hydrogen-bond donors (Lipinski definition) is 2. The summed E-state index contributed by atoms with van der Waals surface area (Å²) < 4.78 is 0. The van der Waals surface area contributed by atoms with Crippen molar-refractivity contribution in [2.24, 2.45) is 0 Å². The number of nitrogens with zero attached hydrogens (tertiary/aromatic N) is 1. The van der Waals surface area contributed by atoms with Gasteiger partial charge in [-0.3, -0.25) is 4.79 Å². The molecule has 1 aromatic carbocycles. The van der Waals surface area contributed by atoms with Crippen molar-refractivity contribution in [2.45, 2.75) is 6.42 Å². The van der Waals surface area contributed by atoms with E-state index in [9.17, 15) is 4.79 Å². The Morgan fingerprint density at radius 3 is 2.89 bits per heavy atom. The van der Waals surface area contributed by atoms with Gasteiger partial charge in [-0.1, -0.05) is 12.1 Å². The van der Waals surface area contributed by atoms with Gasteiger partial charge in [-0.2, -0.15) is 5.26 Å². The Morgan fingerprint density at radius 1 is 1.37 bits per heavy atom. The van der Waals surface area contributed by atoms with E-state index in [-0.39, 0.29) is 5.91 Å². The van der Waals surface area contributed by atoms with E-state index in [1.54, 1.807) is 12.1 Å². The van der Waals surface area contributed by atoms with Crippen LogP contribution in [0.1, 0.15) is 16.8 Å². The minimum atomic E-state index is -0.199. The van der Waals surface area contributed by atoms with Crippen molar-refractivity contribution < 1.29 is 4.79 Å². The van der Waals surface area contributed by atoms with Crippen molar-refractivity contribution in [1.29, 1.82) is 5.26 Å². The second-order valence-electron chi connectivity index (χ2n) is 3.83. The van der Waals surface area contributed by atoms with Crippen molar-refractivity contribution in [2.75, 3.05) is 16.9 Å². The van der Waals surface area contributed by atoms with Gasteiger partial charge in [-0.05, 0) is 24.3 Å². The molecule has 4 nitrogen and oxygen atoms in total. The van der Waals surface area contributed by atoms with E-state index in [2.05, 4.69) is 16.7 Å². The zero-order chi connectivity index (χ0) is 13.7. The third kappa shape index (κ3) is 3.22. The van der Waals surface area contributed by atoms with Gasteiger partial charge >= 0.3 is 0 Å². The van der Waals surface area contributed by atoms with Gasteiger partial charge < -0.3 is 10.6 Å². The molecular formula is C13H12ClN3OS. The molecule has 0 aliphatic carbocycles. The van der Waals surface area contributed by atoms with E-state index < -0.39 is 0 Å². The summed E-state index contributed by atoms with van der Waals surface area (Å²) in [6.45, 7) is 0. The van der Waals surface area contributed by atoms with Gasteiger partial charge in [0.1, 0.15) is 16.8 Å². The molecule has 0 bridgehead atoms. The fraction of sp³-hybridized carbons (Fsp3) is 0.231. The summed E-state index contributed by atoms with van der Waals surface area (Å²) in [5.74, 6) is 1.56. The molecule has 1 amide bonds. The zero-order valence-corrected chi connectivity index (χ0v) is 11.6. The number of carbonyl (C=O) groups is 1. The van der Waals surface area contributed by atoms with E-state index in [0.29, 0.717) is 27.9 Å². The summed E-state index contributed by atoms with van der Waals surface area (Å²) >= 11 is 6.99. The van der Waals surface area contributed by atoms with Gasteiger partial charge in [-0.25, -0.2) is 0 Å². The lowest BCUT2D eigenvalue weighted by Crippen LogP contribution is -2.33. The minimum absolute atomic E-state index is 0.199. The van der Waals surface area contributed by atoms with Crippen LogP contribution in [-0.2, 0) is 0 Å². The van der Waals surface area contributed by atoms with E-state index >= 15 is 0 Å². The molecule has 0 aromatic heterocycles. The molecule has 2 N–H and O–H groups in total. The number of nitrogens with one attached hydrogen (secondary N) is 2. The van der Waals surface area contributed by atoms with Crippen LogP contribution in [0.4, 0.5) is 5.69 Å². The fourth-order valence-corrected chi connectivity index (χ4v) is 2.74. The molecule has 1 aliphatic heterocycles. The normalized spacial score (nSPS) is 15.9. The van der Waals surface area contributed by atoms with Crippen LogP contribution < -0.4 is 10.6 Å². The van der Waals surface area contributed by atoms with Crippen LogP contribution in [0.2, 0.25) is 0 Å². The predicted octanol–water partition coefficient (Wildman–Crippen LogP) is 2.90. The Morgan fingerprint density at radius 2 is 2.16 bits per heavy atom. The molecule has 6 heteroatoms. The molecule has 98 valence electrons. The van der Waals surface area contributed by atoms with E-state index in [4.69, 9.17) is 16.9 Å². The van der Waals surface area contributed by atoms with Crippen LogP contribution in [0.3, 0.4) is 0 Å². The molecule has 1 aliphatic rings. The average Bonchev–Trinajstić information content (AvgIpc) is 2.44. The van der Waals surface area contributed by atoms with Crippen molar-refractivity contribution in [3.63, 3.8) is 0 Å². The lowest BCUT2D eigenvalue weighted by molar-refractivity contribution is 0.0964. The summed E-state index contributed by atoms with van der Waals surface area (Å²) in [5.41, 5.74) is 1.29. The average molecular weight is 294 g/mol. The summed E-state index contributed by atoms with van der Waals surface area (Å²) in [6.07, 6.45) is 0.815.